The lowest BCUT2D eigenvalue weighted by molar-refractivity contribution is 1.10. The van der Waals surface area contributed by atoms with Crippen molar-refractivity contribution in [2.75, 3.05) is 5.32 Å². The first-order chi connectivity index (χ1) is 11.3. The lowest BCUT2D eigenvalue weighted by atomic mass is 10.2. The minimum atomic E-state index is 0.172. The topological polar surface area (TPSA) is 52.1 Å². The normalized spacial score (nSPS) is 10.8. The van der Waals surface area contributed by atoms with Crippen molar-refractivity contribution in [1.29, 1.82) is 0 Å². The summed E-state index contributed by atoms with van der Waals surface area (Å²) in [5.74, 6) is 0.172. The zero-order chi connectivity index (χ0) is 15.6. The second-order valence-corrected chi connectivity index (χ2v) is 6.07. The van der Waals surface area contributed by atoms with E-state index in [9.17, 15) is 5.41 Å². The first-order valence-electron chi connectivity index (χ1n) is 7.19. The van der Waals surface area contributed by atoms with E-state index >= 15 is 0 Å². The smallest absolute Gasteiger partial charge is 0.0639 e. The molecule has 4 rings (SSSR count). The number of nitrogens with one attached hydrogen (secondary N) is 1. The highest BCUT2D eigenvalue weighted by molar-refractivity contribution is 7.12. The zero-order valence-corrected chi connectivity index (χ0v) is 13.0. The van der Waals surface area contributed by atoms with Crippen molar-refractivity contribution in [2.45, 2.75) is 0 Å². The number of fused-ring (bicyclic) bond motifs is 1. The standard InChI is InChI=1S/C18H13N4S/c19-18(17-4-2-10-23-17)21-14-5-6-16-13(11-14)7-9-22(16)15-3-1-8-20-12-15/h1-12H,(H-,19,21)/q-1. The summed E-state index contributed by atoms with van der Waals surface area (Å²) in [6, 6.07) is 15.8. The Balaban J connectivity index is 1.66. The molecule has 0 spiro atoms. The van der Waals surface area contributed by atoms with Crippen molar-refractivity contribution < 1.29 is 0 Å². The Morgan fingerprint density at radius 3 is 2.87 bits per heavy atom. The van der Waals surface area contributed by atoms with Crippen LogP contribution in [0.4, 0.5) is 5.69 Å². The highest BCUT2D eigenvalue weighted by Gasteiger charge is 2.03. The molecule has 0 atom stereocenters. The monoisotopic (exact) mass is 317 g/mol. The first-order valence-corrected chi connectivity index (χ1v) is 8.07. The maximum Gasteiger partial charge on any atom is 0.0639 e. The van der Waals surface area contributed by atoms with E-state index in [1.165, 1.54) is 11.3 Å². The largest absolute Gasteiger partial charge is 0.464 e. The van der Waals surface area contributed by atoms with Gasteiger partial charge in [-0.3, -0.25) is 4.98 Å². The number of benzene rings is 1. The van der Waals surface area contributed by atoms with Crippen molar-refractivity contribution in [2.24, 2.45) is 0 Å². The summed E-state index contributed by atoms with van der Waals surface area (Å²) in [5.41, 5.74) is 2.97. The summed E-state index contributed by atoms with van der Waals surface area (Å²) in [6.07, 6.45) is 5.62. The molecule has 0 aliphatic carbocycles. The summed E-state index contributed by atoms with van der Waals surface area (Å²) in [6.45, 7) is 0. The van der Waals surface area contributed by atoms with Crippen LogP contribution in [0.25, 0.3) is 22.0 Å². The van der Waals surface area contributed by atoms with E-state index in [-0.39, 0.29) is 5.84 Å². The van der Waals surface area contributed by atoms with Crippen LogP contribution in [0.2, 0.25) is 0 Å². The third-order valence-electron chi connectivity index (χ3n) is 3.63. The van der Waals surface area contributed by atoms with Gasteiger partial charge in [-0.05, 0) is 53.3 Å². The lowest BCUT2D eigenvalue weighted by Crippen LogP contribution is -2.09. The maximum atomic E-state index is 10.1. The Morgan fingerprint density at radius 1 is 1.13 bits per heavy atom. The van der Waals surface area contributed by atoms with E-state index in [1.54, 1.807) is 6.20 Å². The predicted molar refractivity (Wildman–Crippen MR) is 96.5 cm³/mol. The number of aromatic nitrogens is 2. The molecule has 0 aliphatic heterocycles. The zero-order valence-electron chi connectivity index (χ0n) is 12.2. The fourth-order valence-electron chi connectivity index (χ4n) is 2.55. The van der Waals surface area contributed by atoms with Crippen LogP contribution in [0, 0.1) is 0 Å². The van der Waals surface area contributed by atoms with E-state index in [4.69, 9.17) is 0 Å². The Labute approximate surface area is 137 Å². The van der Waals surface area contributed by atoms with E-state index in [0.717, 1.165) is 27.2 Å². The minimum absolute atomic E-state index is 0.172. The van der Waals surface area contributed by atoms with Gasteiger partial charge in [0.15, 0.2) is 0 Å². The molecular weight excluding hydrogens is 304 g/mol. The summed E-state index contributed by atoms with van der Waals surface area (Å²) < 4.78 is 2.09. The van der Waals surface area contributed by atoms with Crippen LogP contribution in [0.15, 0.2) is 72.5 Å². The van der Waals surface area contributed by atoms with Crippen LogP contribution >= 0.6 is 11.3 Å². The molecule has 0 amide bonds. The molecule has 0 unspecified atom stereocenters. The summed E-state index contributed by atoms with van der Waals surface area (Å²) in [5, 5.41) is 16.2. The molecule has 1 aromatic carbocycles. The van der Waals surface area contributed by atoms with E-state index in [0.29, 0.717) is 0 Å². The van der Waals surface area contributed by atoms with Gasteiger partial charge in [-0.25, -0.2) is 0 Å². The van der Waals surface area contributed by atoms with Crippen LogP contribution in [0.3, 0.4) is 0 Å². The Kier molecular flexibility index (Phi) is 3.40. The number of nitrogens with zero attached hydrogens (tertiary/aromatic N) is 3. The van der Waals surface area contributed by atoms with Gasteiger partial charge in [-0.15, -0.1) is 11.3 Å². The van der Waals surface area contributed by atoms with Crippen molar-refractivity contribution in [3.63, 3.8) is 0 Å². The molecule has 0 aliphatic rings. The fraction of sp³-hybridized carbons (Fsp3) is 0. The second-order valence-electron chi connectivity index (χ2n) is 5.12. The lowest BCUT2D eigenvalue weighted by Gasteiger charge is -2.16. The van der Waals surface area contributed by atoms with Gasteiger partial charge >= 0.3 is 0 Å². The SMILES string of the molecule is [N-]=C(Nc1ccc2c(ccn2-c2cccnc2)c1)c1cccs1. The molecule has 3 heterocycles. The molecular formula is C18H13N4S-. The molecule has 0 bridgehead atoms. The van der Waals surface area contributed by atoms with Crippen LogP contribution in [-0.4, -0.2) is 15.4 Å². The highest BCUT2D eigenvalue weighted by Crippen LogP contribution is 2.24. The van der Waals surface area contributed by atoms with Crippen LogP contribution in [0.1, 0.15) is 4.88 Å². The number of anilines is 1. The first kappa shape index (κ1) is 13.7. The van der Waals surface area contributed by atoms with Gasteiger partial charge in [0.2, 0.25) is 0 Å². The van der Waals surface area contributed by atoms with E-state index in [2.05, 4.69) is 20.9 Å². The van der Waals surface area contributed by atoms with Gasteiger partial charge in [-0.2, -0.15) is 0 Å². The minimum Gasteiger partial charge on any atom is -0.464 e. The predicted octanol–water partition coefficient (Wildman–Crippen LogP) is 4.52. The summed E-state index contributed by atoms with van der Waals surface area (Å²) in [7, 11) is 0. The fourth-order valence-corrected chi connectivity index (χ4v) is 3.18. The summed E-state index contributed by atoms with van der Waals surface area (Å²) in [4.78, 5) is 4.98. The van der Waals surface area contributed by atoms with Crippen LogP contribution in [-0.2, 0) is 0 Å². The van der Waals surface area contributed by atoms with E-state index < -0.39 is 0 Å². The molecule has 4 nitrogen and oxygen atoms in total. The molecule has 0 saturated carbocycles. The number of hydrogen-bond acceptors (Lipinski definition) is 2. The number of thiophene rings is 1. The van der Waals surface area contributed by atoms with Gasteiger partial charge < -0.3 is 15.3 Å². The number of rotatable bonds is 3. The number of hydrogen-bond donors (Lipinski definition) is 1. The van der Waals surface area contributed by atoms with Gasteiger partial charge in [0, 0.05) is 22.7 Å². The highest BCUT2D eigenvalue weighted by atomic mass is 32.1. The third kappa shape index (κ3) is 2.62. The maximum absolute atomic E-state index is 10.1. The van der Waals surface area contributed by atoms with Gasteiger partial charge in [0.05, 0.1) is 17.4 Å². The number of amidine groups is 1. The van der Waals surface area contributed by atoms with Crippen molar-refractivity contribution in [3.8, 4) is 5.69 Å². The van der Waals surface area contributed by atoms with Crippen LogP contribution < -0.4 is 5.32 Å². The molecule has 4 aromatic rings. The molecule has 3 aromatic heterocycles. The molecule has 0 radical (unpaired) electrons. The molecule has 1 N–H and O–H groups in total. The molecule has 5 heteroatoms. The number of pyridine rings is 1. The average Bonchev–Trinajstić information content (AvgIpc) is 3.25. The third-order valence-corrected chi connectivity index (χ3v) is 4.51. The molecule has 23 heavy (non-hydrogen) atoms. The summed E-state index contributed by atoms with van der Waals surface area (Å²) >= 11 is 1.49. The quantitative estimate of drug-likeness (QED) is 0.446. The van der Waals surface area contributed by atoms with Gasteiger partial charge in [-0.1, -0.05) is 12.1 Å². The molecule has 0 fully saturated rings. The molecule has 0 saturated heterocycles. The van der Waals surface area contributed by atoms with Crippen LogP contribution in [0.5, 0.6) is 0 Å². The average molecular weight is 317 g/mol. The van der Waals surface area contributed by atoms with Crippen molar-refractivity contribution >= 4 is 33.8 Å². The van der Waals surface area contributed by atoms with Gasteiger partial charge in [0.25, 0.3) is 0 Å². The van der Waals surface area contributed by atoms with Crippen molar-refractivity contribution in [3.05, 3.63) is 82.8 Å². The van der Waals surface area contributed by atoms with Crippen molar-refractivity contribution in [1.82, 2.24) is 9.55 Å². The Morgan fingerprint density at radius 2 is 2.09 bits per heavy atom. The Hall–Kier alpha value is -2.92. The molecule has 112 valence electrons. The van der Waals surface area contributed by atoms with Gasteiger partial charge in [0.1, 0.15) is 0 Å². The second kappa shape index (κ2) is 5.70. The van der Waals surface area contributed by atoms with E-state index in [1.807, 2.05) is 60.2 Å². The Bertz CT molecular complexity index is 955.